The summed E-state index contributed by atoms with van der Waals surface area (Å²) in [7, 11) is -3.73. The molecule has 0 saturated heterocycles. The van der Waals surface area contributed by atoms with Gasteiger partial charge in [-0.3, -0.25) is 13.8 Å². The van der Waals surface area contributed by atoms with Gasteiger partial charge in [0.15, 0.2) is 0 Å². The molecule has 0 rings (SSSR count). The van der Waals surface area contributed by atoms with E-state index < -0.39 is 21.5 Å². The van der Waals surface area contributed by atoms with E-state index in [1.807, 2.05) is 6.92 Å². The smallest absolute Gasteiger partial charge is 0.313 e. The molecule has 0 spiro atoms. The van der Waals surface area contributed by atoms with Crippen LogP contribution in [0.15, 0.2) is 0 Å². The molecule has 0 aliphatic carbocycles. The molecule has 0 bridgehead atoms. The highest BCUT2D eigenvalue weighted by Crippen LogP contribution is 2.19. The van der Waals surface area contributed by atoms with Crippen molar-refractivity contribution >= 4 is 22.0 Å². The van der Waals surface area contributed by atoms with E-state index in [0.29, 0.717) is 13.0 Å². The lowest BCUT2D eigenvalue weighted by Gasteiger charge is -2.21. The molecule has 124 valence electrons. The molecule has 0 saturated carbocycles. The quantitative estimate of drug-likeness (QED) is 0.363. The zero-order valence-electron chi connectivity index (χ0n) is 13.1. The van der Waals surface area contributed by atoms with E-state index in [2.05, 4.69) is 5.32 Å². The lowest BCUT2D eigenvalue weighted by molar-refractivity contribution is -0.155. The Hall–Kier alpha value is -1.15. The number of rotatable bonds is 10. The molecule has 0 unspecified atom stereocenters. The van der Waals surface area contributed by atoms with Gasteiger partial charge in [0.2, 0.25) is 5.91 Å². The van der Waals surface area contributed by atoms with Crippen LogP contribution in [-0.2, 0) is 28.6 Å². The van der Waals surface area contributed by atoms with Crippen LogP contribution >= 0.6 is 0 Å². The number of esters is 1. The maximum Gasteiger partial charge on any atom is 0.313 e. The van der Waals surface area contributed by atoms with E-state index in [4.69, 9.17) is 8.92 Å². The second-order valence-corrected chi connectivity index (χ2v) is 7.14. The molecule has 0 aromatic rings. The van der Waals surface area contributed by atoms with Crippen LogP contribution in [0.25, 0.3) is 0 Å². The van der Waals surface area contributed by atoms with E-state index in [-0.39, 0.29) is 31.2 Å². The number of hydrogen-bond donors (Lipinski definition) is 1. The first-order valence-corrected chi connectivity index (χ1v) is 8.47. The molecule has 21 heavy (non-hydrogen) atoms. The Morgan fingerprint density at radius 3 is 2.38 bits per heavy atom. The lowest BCUT2D eigenvalue weighted by Crippen LogP contribution is -2.33. The van der Waals surface area contributed by atoms with Crippen molar-refractivity contribution in [2.75, 3.05) is 25.5 Å². The number of nitrogens with one attached hydrogen (secondary N) is 1. The second kappa shape index (κ2) is 8.99. The molecule has 0 atom stereocenters. The van der Waals surface area contributed by atoms with Crippen LogP contribution in [0.3, 0.4) is 0 Å². The van der Waals surface area contributed by atoms with Crippen LogP contribution in [0.1, 0.15) is 40.5 Å². The molecule has 0 heterocycles. The van der Waals surface area contributed by atoms with E-state index in [1.54, 1.807) is 13.8 Å². The highest BCUT2D eigenvalue weighted by Gasteiger charge is 2.31. The van der Waals surface area contributed by atoms with Gasteiger partial charge in [-0.15, -0.1) is 0 Å². The van der Waals surface area contributed by atoms with Gasteiger partial charge in [-0.05, 0) is 26.7 Å². The second-order valence-electron chi connectivity index (χ2n) is 5.38. The molecule has 1 amide bonds. The van der Waals surface area contributed by atoms with Gasteiger partial charge in [0.05, 0.1) is 24.4 Å². The molecule has 0 aliphatic rings. The summed E-state index contributed by atoms with van der Waals surface area (Å²) < 4.78 is 33.2. The topological polar surface area (TPSA) is 98.8 Å². The molecule has 0 aliphatic heterocycles. The molecule has 0 aromatic carbocycles. The zero-order valence-corrected chi connectivity index (χ0v) is 13.9. The maximum atomic E-state index is 11.7. The van der Waals surface area contributed by atoms with Crippen LogP contribution < -0.4 is 5.32 Å². The molecule has 1 N–H and O–H groups in total. The highest BCUT2D eigenvalue weighted by atomic mass is 32.2. The van der Waals surface area contributed by atoms with Crippen LogP contribution in [0.5, 0.6) is 0 Å². The van der Waals surface area contributed by atoms with Crippen molar-refractivity contribution in [3.63, 3.8) is 0 Å². The van der Waals surface area contributed by atoms with E-state index in [0.717, 1.165) is 0 Å². The minimum absolute atomic E-state index is 0.215. The molecular formula is C13H25NO6S. The van der Waals surface area contributed by atoms with E-state index in [1.165, 1.54) is 6.92 Å². The minimum atomic E-state index is -3.73. The Bertz CT molecular complexity index is 444. The van der Waals surface area contributed by atoms with Gasteiger partial charge in [0, 0.05) is 13.5 Å². The van der Waals surface area contributed by atoms with E-state index in [9.17, 15) is 18.0 Å². The van der Waals surface area contributed by atoms with Crippen molar-refractivity contribution in [1.29, 1.82) is 0 Å². The van der Waals surface area contributed by atoms with Crippen molar-refractivity contribution in [3.05, 3.63) is 0 Å². The molecule has 7 nitrogen and oxygen atoms in total. The van der Waals surface area contributed by atoms with Crippen molar-refractivity contribution in [2.45, 2.75) is 40.5 Å². The van der Waals surface area contributed by atoms with Gasteiger partial charge >= 0.3 is 5.97 Å². The lowest BCUT2D eigenvalue weighted by atomic mass is 9.95. The third-order valence-corrected chi connectivity index (χ3v) is 3.80. The van der Waals surface area contributed by atoms with Gasteiger partial charge in [-0.25, -0.2) is 0 Å². The van der Waals surface area contributed by atoms with Crippen LogP contribution in [0, 0.1) is 5.41 Å². The summed E-state index contributed by atoms with van der Waals surface area (Å²) in [6.45, 7) is 6.66. The van der Waals surface area contributed by atoms with Crippen molar-refractivity contribution in [3.8, 4) is 0 Å². The molecule has 0 radical (unpaired) electrons. The SMILES string of the molecule is CCCOC(=O)C(C)(C)COS(=O)(=O)CCCNC(C)=O. The molecular weight excluding hydrogens is 298 g/mol. The largest absolute Gasteiger partial charge is 0.465 e. The Labute approximate surface area is 126 Å². The average Bonchev–Trinajstić information content (AvgIpc) is 2.39. The third-order valence-electron chi connectivity index (χ3n) is 2.53. The molecule has 0 aromatic heterocycles. The predicted octanol–water partition coefficient (Wildman–Crippen LogP) is 0.838. The fourth-order valence-corrected chi connectivity index (χ4v) is 2.35. The Morgan fingerprint density at radius 2 is 1.86 bits per heavy atom. The maximum absolute atomic E-state index is 11.7. The summed E-state index contributed by atoms with van der Waals surface area (Å²) in [5, 5.41) is 2.50. The van der Waals surface area contributed by atoms with Gasteiger partial charge in [-0.1, -0.05) is 6.92 Å². The van der Waals surface area contributed by atoms with Crippen LogP contribution in [-0.4, -0.2) is 45.8 Å². The normalized spacial score (nSPS) is 12.0. The average molecular weight is 323 g/mol. The third kappa shape index (κ3) is 9.41. The van der Waals surface area contributed by atoms with Gasteiger partial charge in [0.1, 0.15) is 0 Å². The Morgan fingerprint density at radius 1 is 1.24 bits per heavy atom. The summed E-state index contributed by atoms with van der Waals surface area (Å²) in [4.78, 5) is 22.4. The van der Waals surface area contributed by atoms with E-state index >= 15 is 0 Å². The monoisotopic (exact) mass is 323 g/mol. The number of hydrogen-bond acceptors (Lipinski definition) is 6. The fourth-order valence-electron chi connectivity index (χ4n) is 1.26. The first-order chi connectivity index (χ1) is 9.60. The van der Waals surface area contributed by atoms with Crippen molar-refractivity contribution in [2.24, 2.45) is 5.41 Å². The summed E-state index contributed by atoms with van der Waals surface area (Å²) >= 11 is 0. The van der Waals surface area contributed by atoms with Crippen molar-refractivity contribution < 1.29 is 26.9 Å². The molecule has 0 fully saturated rings. The Balaban J connectivity index is 4.21. The van der Waals surface area contributed by atoms with Gasteiger partial charge < -0.3 is 10.1 Å². The standard InChI is InChI=1S/C13H25NO6S/c1-5-8-19-12(16)13(3,4)10-20-21(17,18)9-6-7-14-11(2)15/h5-10H2,1-4H3,(H,14,15). The summed E-state index contributed by atoms with van der Waals surface area (Å²) in [5.41, 5.74) is -1.03. The zero-order chi connectivity index (χ0) is 16.5. The molecule has 8 heteroatoms. The van der Waals surface area contributed by atoms with Crippen molar-refractivity contribution in [1.82, 2.24) is 5.32 Å². The summed E-state index contributed by atoms with van der Waals surface area (Å²) in [6, 6.07) is 0. The summed E-state index contributed by atoms with van der Waals surface area (Å²) in [5.74, 6) is -0.918. The predicted molar refractivity (Wildman–Crippen MR) is 78.1 cm³/mol. The minimum Gasteiger partial charge on any atom is -0.465 e. The number of amides is 1. The number of ether oxygens (including phenoxy) is 1. The van der Waals surface area contributed by atoms with Crippen LogP contribution in [0.4, 0.5) is 0 Å². The summed E-state index contributed by atoms with van der Waals surface area (Å²) in [6.07, 6.45) is 0.951. The first kappa shape index (κ1) is 19.9. The number of carbonyl (C=O) groups is 2. The highest BCUT2D eigenvalue weighted by molar-refractivity contribution is 7.86. The van der Waals surface area contributed by atoms with Gasteiger partial charge in [-0.2, -0.15) is 8.42 Å². The van der Waals surface area contributed by atoms with Gasteiger partial charge in [0.25, 0.3) is 10.1 Å². The first-order valence-electron chi connectivity index (χ1n) is 6.89. The van der Waals surface area contributed by atoms with Crippen LogP contribution in [0.2, 0.25) is 0 Å². The fraction of sp³-hybridized carbons (Fsp3) is 0.846. The Kier molecular flexibility index (Phi) is 8.50. The number of carbonyl (C=O) groups excluding carboxylic acids is 2.